The highest BCUT2D eigenvalue weighted by Gasteiger charge is 2.24. The van der Waals surface area contributed by atoms with Crippen molar-refractivity contribution in [2.45, 2.75) is 25.4 Å². The number of phenols is 1. The number of guanidine groups is 1. The molecule has 1 aliphatic rings. The first kappa shape index (κ1) is 21.9. The van der Waals surface area contributed by atoms with E-state index in [0.717, 1.165) is 25.2 Å². The van der Waals surface area contributed by atoms with E-state index in [0.29, 0.717) is 18.5 Å². The Morgan fingerprint density at radius 2 is 2.07 bits per heavy atom. The predicted octanol–water partition coefficient (Wildman–Crippen LogP) is 3.71. The molecule has 1 aromatic heterocycles. The van der Waals surface area contributed by atoms with Crippen molar-refractivity contribution in [1.82, 2.24) is 15.5 Å². The van der Waals surface area contributed by atoms with E-state index in [-0.39, 0.29) is 29.7 Å². The van der Waals surface area contributed by atoms with E-state index in [2.05, 4.69) is 38.0 Å². The van der Waals surface area contributed by atoms with Crippen LogP contribution >= 0.6 is 35.3 Å². The second-order valence-corrected chi connectivity index (χ2v) is 7.35. The number of aromatic hydroxyl groups is 1. The van der Waals surface area contributed by atoms with Crippen molar-refractivity contribution >= 4 is 41.3 Å². The summed E-state index contributed by atoms with van der Waals surface area (Å²) >= 11 is 1.78. The van der Waals surface area contributed by atoms with Gasteiger partial charge in [0.05, 0.1) is 6.04 Å². The molecule has 3 N–H and O–H groups in total. The zero-order valence-corrected chi connectivity index (χ0v) is 18.5. The molecule has 8 heteroatoms. The van der Waals surface area contributed by atoms with Gasteiger partial charge in [-0.3, -0.25) is 9.89 Å². The second kappa shape index (κ2) is 10.8. The number of nitrogens with one attached hydrogen (secondary N) is 2. The predicted molar refractivity (Wildman–Crippen MR) is 120 cm³/mol. The van der Waals surface area contributed by atoms with Crippen LogP contribution in [0.15, 0.2) is 40.7 Å². The van der Waals surface area contributed by atoms with Crippen LogP contribution in [0.25, 0.3) is 0 Å². The van der Waals surface area contributed by atoms with E-state index >= 15 is 0 Å². The third-order valence-electron chi connectivity index (χ3n) is 4.61. The summed E-state index contributed by atoms with van der Waals surface area (Å²) in [7, 11) is 1.72. The summed E-state index contributed by atoms with van der Waals surface area (Å²) < 4.78 is 13.4. The maximum absolute atomic E-state index is 13.4. The monoisotopic (exact) mass is 504 g/mol. The quantitative estimate of drug-likeness (QED) is 0.319. The van der Waals surface area contributed by atoms with Crippen LogP contribution in [0.5, 0.6) is 5.75 Å². The highest BCUT2D eigenvalue weighted by molar-refractivity contribution is 14.0. The third kappa shape index (κ3) is 6.05. The van der Waals surface area contributed by atoms with E-state index in [1.165, 1.54) is 29.9 Å². The molecule has 0 bridgehead atoms. The Labute approximate surface area is 180 Å². The first-order valence-corrected chi connectivity index (χ1v) is 9.74. The second-order valence-electron chi connectivity index (χ2n) is 6.37. The fourth-order valence-electron chi connectivity index (χ4n) is 3.20. The van der Waals surface area contributed by atoms with Gasteiger partial charge in [0, 0.05) is 25.0 Å². The summed E-state index contributed by atoms with van der Waals surface area (Å²) in [5.41, 5.74) is 0.748. The van der Waals surface area contributed by atoms with Gasteiger partial charge >= 0.3 is 0 Å². The molecule has 2 heterocycles. The Bertz CT molecular complexity index is 735. The van der Waals surface area contributed by atoms with Crippen molar-refractivity contribution in [3.05, 3.63) is 52.0 Å². The molecule has 1 saturated heterocycles. The van der Waals surface area contributed by atoms with Crippen molar-refractivity contribution in [3.8, 4) is 5.75 Å². The van der Waals surface area contributed by atoms with Crippen LogP contribution in [0.1, 0.15) is 29.3 Å². The Hall–Kier alpha value is -1.39. The Morgan fingerprint density at radius 3 is 2.70 bits per heavy atom. The fourth-order valence-corrected chi connectivity index (χ4v) is 4.06. The molecule has 1 aromatic carbocycles. The molecule has 2 aromatic rings. The van der Waals surface area contributed by atoms with Crippen molar-refractivity contribution in [3.63, 3.8) is 0 Å². The maximum Gasteiger partial charge on any atom is 0.191 e. The molecule has 3 rings (SSSR count). The topological polar surface area (TPSA) is 59.9 Å². The van der Waals surface area contributed by atoms with Crippen LogP contribution in [0.4, 0.5) is 4.39 Å². The lowest BCUT2D eigenvalue weighted by Crippen LogP contribution is -2.42. The molecule has 0 spiro atoms. The summed E-state index contributed by atoms with van der Waals surface area (Å²) in [4.78, 5) is 8.13. The van der Waals surface area contributed by atoms with Crippen LogP contribution in [-0.2, 0) is 6.54 Å². The Morgan fingerprint density at radius 1 is 1.30 bits per heavy atom. The number of rotatable bonds is 6. The minimum atomic E-state index is -0.612. The number of aliphatic imine (C=N–C) groups is 1. The smallest absolute Gasteiger partial charge is 0.191 e. The lowest BCUT2D eigenvalue weighted by Gasteiger charge is -2.27. The highest BCUT2D eigenvalue weighted by Crippen LogP contribution is 2.27. The summed E-state index contributed by atoms with van der Waals surface area (Å²) in [6, 6.07) is 9.00. The molecule has 1 unspecified atom stereocenters. The molecule has 5 nitrogen and oxygen atoms in total. The number of phenolic OH excluding ortho intramolecular Hbond substituents is 1. The minimum absolute atomic E-state index is 0. The zero-order chi connectivity index (χ0) is 18.4. The summed E-state index contributed by atoms with van der Waals surface area (Å²) in [6.45, 7) is 3.46. The number of hydrogen-bond acceptors (Lipinski definition) is 4. The van der Waals surface area contributed by atoms with Gasteiger partial charge in [0.15, 0.2) is 17.5 Å². The lowest BCUT2D eigenvalue weighted by molar-refractivity contribution is 0.249. The normalized spacial score (nSPS) is 16.0. The van der Waals surface area contributed by atoms with E-state index in [4.69, 9.17) is 0 Å². The fraction of sp³-hybridized carbons (Fsp3) is 0.421. The van der Waals surface area contributed by atoms with Gasteiger partial charge in [-0.2, -0.15) is 0 Å². The summed E-state index contributed by atoms with van der Waals surface area (Å²) in [6.07, 6.45) is 2.50. The minimum Gasteiger partial charge on any atom is -0.505 e. The standard InChI is InChI=1S/C19H25FN4OS.HI/c1-21-19(22-12-14-6-7-17(25)15(20)11-14)23-13-16(18-5-4-10-26-18)24-8-2-3-9-24;/h4-7,10-11,16,25H,2-3,8-9,12-13H2,1H3,(H2,21,22,23);1H. The molecule has 1 atom stereocenters. The Balaban J connectivity index is 0.00000261. The largest absolute Gasteiger partial charge is 0.505 e. The van der Waals surface area contributed by atoms with Crippen LogP contribution in [0.2, 0.25) is 0 Å². The molecule has 148 valence electrons. The number of benzene rings is 1. The summed E-state index contributed by atoms with van der Waals surface area (Å²) in [5, 5.41) is 18.0. The third-order valence-corrected chi connectivity index (χ3v) is 5.59. The van der Waals surface area contributed by atoms with Gasteiger partial charge in [-0.15, -0.1) is 35.3 Å². The molecule has 0 aliphatic carbocycles. The van der Waals surface area contributed by atoms with Crippen molar-refractivity contribution < 1.29 is 9.50 Å². The van der Waals surface area contributed by atoms with Crippen molar-refractivity contribution in [2.75, 3.05) is 26.7 Å². The molecule has 0 radical (unpaired) electrons. The first-order chi connectivity index (χ1) is 12.7. The zero-order valence-electron chi connectivity index (χ0n) is 15.3. The van der Waals surface area contributed by atoms with Gasteiger partial charge < -0.3 is 15.7 Å². The van der Waals surface area contributed by atoms with Gasteiger partial charge in [0.25, 0.3) is 0 Å². The number of thiophene rings is 1. The lowest BCUT2D eigenvalue weighted by atomic mass is 10.2. The number of halogens is 2. The average molecular weight is 504 g/mol. The maximum atomic E-state index is 13.4. The average Bonchev–Trinajstić information content (AvgIpc) is 3.35. The molecule has 0 amide bonds. The van der Waals surface area contributed by atoms with Crippen LogP contribution < -0.4 is 10.6 Å². The van der Waals surface area contributed by atoms with Crippen LogP contribution in [-0.4, -0.2) is 42.6 Å². The van der Waals surface area contributed by atoms with E-state index in [1.807, 2.05) is 0 Å². The molecule has 0 saturated carbocycles. The first-order valence-electron chi connectivity index (χ1n) is 8.86. The highest BCUT2D eigenvalue weighted by atomic mass is 127. The SMILES string of the molecule is CN=C(NCc1ccc(O)c(F)c1)NCC(c1cccs1)N1CCCC1.I. The molecule has 27 heavy (non-hydrogen) atoms. The van der Waals surface area contributed by atoms with E-state index < -0.39 is 5.82 Å². The molecular formula is C19H26FIN4OS. The van der Waals surface area contributed by atoms with Crippen molar-refractivity contribution in [2.24, 2.45) is 4.99 Å². The number of likely N-dealkylation sites (tertiary alicyclic amines) is 1. The van der Waals surface area contributed by atoms with Gasteiger partial charge in [0.1, 0.15) is 0 Å². The molecular weight excluding hydrogens is 478 g/mol. The van der Waals surface area contributed by atoms with Gasteiger partial charge in [-0.05, 0) is 55.1 Å². The van der Waals surface area contributed by atoms with Crippen LogP contribution in [0.3, 0.4) is 0 Å². The molecule has 1 aliphatic heterocycles. The summed E-state index contributed by atoms with van der Waals surface area (Å²) in [5.74, 6) is -0.265. The van der Waals surface area contributed by atoms with E-state index in [1.54, 1.807) is 24.5 Å². The van der Waals surface area contributed by atoms with Gasteiger partial charge in [0.2, 0.25) is 0 Å². The van der Waals surface area contributed by atoms with Crippen molar-refractivity contribution in [1.29, 1.82) is 0 Å². The van der Waals surface area contributed by atoms with Crippen LogP contribution in [0, 0.1) is 5.82 Å². The number of hydrogen-bond donors (Lipinski definition) is 3. The van der Waals surface area contributed by atoms with Gasteiger partial charge in [-0.25, -0.2) is 4.39 Å². The Kier molecular flexibility index (Phi) is 8.78. The van der Waals surface area contributed by atoms with Gasteiger partial charge in [-0.1, -0.05) is 12.1 Å². The van der Waals surface area contributed by atoms with E-state index in [9.17, 15) is 9.50 Å². The number of nitrogens with zero attached hydrogens (tertiary/aromatic N) is 2. The molecule has 1 fully saturated rings.